The Kier molecular flexibility index (Phi) is 5.96. The van der Waals surface area contributed by atoms with Gasteiger partial charge in [0.2, 0.25) is 0 Å². The summed E-state index contributed by atoms with van der Waals surface area (Å²) in [7, 11) is 0. The van der Waals surface area contributed by atoms with Crippen LogP contribution in [0.15, 0.2) is 188 Å². The Hall–Kier alpha value is -6.84. The highest BCUT2D eigenvalue weighted by molar-refractivity contribution is 6.17. The van der Waals surface area contributed by atoms with Crippen molar-refractivity contribution in [1.29, 1.82) is 0 Å². The highest BCUT2D eigenvalue weighted by Gasteiger charge is 2.26. The van der Waals surface area contributed by atoms with Crippen LogP contribution in [0.4, 0.5) is 17.1 Å². The molecule has 0 fully saturated rings. The topological polar surface area (TPSA) is 13.1 Å². The number of fused-ring (bicyclic) bond motifs is 12. The smallest absolute Gasteiger partial charge is 0.0620 e. The lowest BCUT2D eigenvalue weighted by atomic mass is 9.95. The van der Waals surface area contributed by atoms with Crippen LogP contribution in [0, 0.1) is 0 Å². The van der Waals surface area contributed by atoms with E-state index in [0.717, 1.165) is 28.4 Å². The second-order valence-electron chi connectivity index (χ2n) is 13.3. The van der Waals surface area contributed by atoms with Crippen LogP contribution >= 0.6 is 0 Å². The fourth-order valence-corrected chi connectivity index (χ4v) is 8.54. The maximum atomic E-state index is 2.51. The van der Waals surface area contributed by atoms with Gasteiger partial charge >= 0.3 is 0 Å². The molecule has 1 aliphatic heterocycles. The molecule has 3 nitrogen and oxygen atoms in total. The molecule has 0 bridgehead atoms. The Balaban J connectivity index is 1.30. The van der Waals surface area contributed by atoms with Crippen LogP contribution in [0.25, 0.3) is 77.2 Å². The average Bonchev–Trinajstić information content (AvgIpc) is 3.71. The predicted octanol–water partition coefficient (Wildman–Crippen LogP) is 13.0. The highest BCUT2D eigenvalue weighted by atomic mass is 15.1. The van der Waals surface area contributed by atoms with Crippen LogP contribution in [-0.4, -0.2) is 9.13 Å². The fraction of sp³-hybridized carbons (Fsp3) is 0. The maximum absolute atomic E-state index is 2.51. The van der Waals surface area contributed by atoms with Crippen LogP contribution in [0.1, 0.15) is 0 Å². The van der Waals surface area contributed by atoms with Crippen LogP contribution in [0.5, 0.6) is 0 Å². The zero-order chi connectivity index (χ0) is 33.5. The first-order valence-corrected chi connectivity index (χ1v) is 17.5. The number of rotatable bonds is 2. The first-order valence-electron chi connectivity index (χ1n) is 17.5. The quantitative estimate of drug-likeness (QED) is 0.182. The van der Waals surface area contributed by atoms with Crippen molar-refractivity contribution in [3.63, 3.8) is 0 Å². The minimum Gasteiger partial charge on any atom is -0.309 e. The SMILES string of the molecule is c1ccc(N2c3ccccc3-c3ccccc3-n3c4ccc(-n5c6ccccc6c6ccccc65)cc4c4cccc(c43)-c3ccccc32)cc1. The molecule has 0 N–H and O–H groups in total. The summed E-state index contributed by atoms with van der Waals surface area (Å²) in [4.78, 5) is 2.43. The summed E-state index contributed by atoms with van der Waals surface area (Å²) in [6.07, 6.45) is 0. The van der Waals surface area contributed by atoms with Crippen molar-refractivity contribution in [2.45, 2.75) is 0 Å². The number of benzene rings is 8. The molecule has 8 aromatic carbocycles. The van der Waals surface area contributed by atoms with Gasteiger partial charge in [0, 0.05) is 55.2 Å². The van der Waals surface area contributed by atoms with E-state index in [1.807, 2.05) is 0 Å². The lowest BCUT2D eigenvalue weighted by Crippen LogP contribution is -2.13. The molecule has 3 heterocycles. The number of anilines is 3. The van der Waals surface area contributed by atoms with Gasteiger partial charge in [-0.1, -0.05) is 127 Å². The minimum absolute atomic E-state index is 1.12. The van der Waals surface area contributed by atoms with Gasteiger partial charge in [-0.05, 0) is 60.7 Å². The number of para-hydroxylation sites is 7. The second kappa shape index (κ2) is 10.8. The van der Waals surface area contributed by atoms with Gasteiger partial charge < -0.3 is 14.0 Å². The van der Waals surface area contributed by atoms with Gasteiger partial charge in [-0.25, -0.2) is 0 Å². The van der Waals surface area contributed by atoms with Gasteiger partial charge in [-0.15, -0.1) is 0 Å². The third-order valence-electron chi connectivity index (χ3n) is 10.6. The largest absolute Gasteiger partial charge is 0.309 e. The van der Waals surface area contributed by atoms with Crippen molar-refractivity contribution in [2.24, 2.45) is 0 Å². The molecule has 0 spiro atoms. The van der Waals surface area contributed by atoms with E-state index in [9.17, 15) is 0 Å². The zero-order valence-electron chi connectivity index (χ0n) is 27.7. The molecule has 10 aromatic rings. The van der Waals surface area contributed by atoms with Crippen molar-refractivity contribution in [1.82, 2.24) is 9.13 Å². The Morgan fingerprint density at radius 1 is 0.275 bits per heavy atom. The maximum Gasteiger partial charge on any atom is 0.0620 e. The molecule has 3 heteroatoms. The van der Waals surface area contributed by atoms with Crippen LogP contribution in [0.3, 0.4) is 0 Å². The van der Waals surface area contributed by atoms with E-state index in [1.54, 1.807) is 0 Å². The van der Waals surface area contributed by atoms with Crippen molar-refractivity contribution in [3.8, 4) is 33.6 Å². The van der Waals surface area contributed by atoms with E-state index in [2.05, 4.69) is 202 Å². The zero-order valence-corrected chi connectivity index (χ0v) is 27.7. The predicted molar refractivity (Wildman–Crippen MR) is 214 cm³/mol. The van der Waals surface area contributed by atoms with Gasteiger partial charge in [0.05, 0.1) is 39.1 Å². The molecule has 0 unspecified atom stereocenters. The molecular formula is C48H31N3. The highest BCUT2D eigenvalue weighted by Crippen LogP contribution is 2.50. The molecule has 0 saturated heterocycles. The summed E-state index contributed by atoms with van der Waals surface area (Å²) in [6.45, 7) is 0. The Morgan fingerprint density at radius 2 is 0.765 bits per heavy atom. The van der Waals surface area contributed by atoms with E-state index in [4.69, 9.17) is 0 Å². The third kappa shape index (κ3) is 4.00. The average molecular weight is 650 g/mol. The molecule has 238 valence electrons. The summed E-state index contributed by atoms with van der Waals surface area (Å²) < 4.78 is 4.93. The van der Waals surface area contributed by atoms with E-state index < -0.39 is 0 Å². The standard InChI is InChI=1S/C48H31N3/c1-2-15-32(16-3-1)49-42-24-9-4-19-36(42)37-20-7-13-28-46(37)51-47-30-29-33(50-43-25-10-5-17-34(43)35-18-6-11-26-44(35)50)31-41(47)40-23-14-22-39(48(40)51)38-21-8-12-27-45(38)49/h1-31H. The molecule has 0 radical (unpaired) electrons. The van der Waals surface area contributed by atoms with E-state index in [-0.39, 0.29) is 0 Å². The van der Waals surface area contributed by atoms with Crippen molar-refractivity contribution in [3.05, 3.63) is 188 Å². The molecular weight excluding hydrogens is 619 g/mol. The summed E-state index contributed by atoms with van der Waals surface area (Å²) in [5, 5.41) is 4.99. The molecule has 0 aliphatic carbocycles. The first kappa shape index (κ1) is 28.0. The molecule has 0 amide bonds. The van der Waals surface area contributed by atoms with Crippen molar-refractivity contribution < 1.29 is 0 Å². The van der Waals surface area contributed by atoms with E-state index >= 15 is 0 Å². The molecule has 2 aromatic heterocycles. The van der Waals surface area contributed by atoms with Gasteiger partial charge in [0.15, 0.2) is 0 Å². The monoisotopic (exact) mass is 649 g/mol. The second-order valence-corrected chi connectivity index (χ2v) is 13.3. The van der Waals surface area contributed by atoms with Crippen LogP contribution in [-0.2, 0) is 0 Å². The number of aromatic nitrogens is 2. The summed E-state index contributed by atoms with van der Waals surface area (Å²) in [6, 6.07) is 68.7. The molecule has 0 atom stereocenters. The fourth-order valence-electron chi connectivity index (χ4n) is 8.54. The van der Waals surface area contributed by atoms with Gasteiger partial charge in [-0.2, -0.15) is 0 Å². The summed E-state index contributed by atoms with van der Waals surface area (Å²) in [5.74, 6) is 0. The lowest BCUT2D eigenvalue weighted by Gasteiger charge is -2.31. The number of hydrogen-bond donors (Lipinski definition) is 0. The van der Waals surface area contributed by atoms with E-state index in [1.165, 1.54) is 65.9 Å². The first-order chi connectivity index (χ1) is 25.3. The van der Waals surface area contributed by atoms with E-state index in [0.29, 0.717) is 0 Å². The molecule has 0 saturated carbocycles. The summed E-state index contributed by atoms with van der Waals surface area (Å²) in [5.41, 5.74) is 15.3. The third-order valence-corrected chi connectivity index (χ3v) is 10.6. The lowest BCUT2D eigenvalue weighted by molar-refractivity contribution is 1.16. The Bertz CT molecular complexity index is 2930. The number of hydrogen-bond acceptors (Lipinski definition) is 1. The molecule has 51 heavy (non-hydrogen) atoms. The Labute approximate surface area is 295 Å². The van der Waals surface area contributed by atoms with Gasteiger partial charge in [0.25, 0.3) is 0 Å². The summed E-state index contributed by atoms with van der Waals surface area (Å²) >= 11 is 0. The normalized spacial score (nSPS) is 12.3. The molecule has 1 aliphatic rings. The number of nitrogens with zero attached hydrogens (tertiary/aromatic N) is 3. The minimum atomic E-state index is 1.12. The van der Waals surface area contributed by atoms with Crippen LogP contribution in [0.2, 0.25) is 0 Å². The molecule has 11 rings (SSSR count). The van der Waals surface area contributed by atoms with Gasteiger partial charge in [0.1, 0.15) is 0 Å². The Morgan fingerprint density at radius 3 is 1.45 bits per heavy atom. The van der Waals surface area contributed by atoms with Crippen LogP contribution < -0.4 is 4.90 Å². The van der Waals surface area contributed by atoms with Crippen molar-refractivity contribution in [2.75, 3.05) is 4.90 Å². The van der Waals surface area contributed by atoms with Gasteiger partial charge in [-0.3, -0.25) is 0 Å². The van der Waals surface area contributed by atoms with Crippen molar-refractivity contribution >= 4 is 60.7 Å².